The van der Waals surface area contributed by atoms with Gasteiger partial charge in [-0.1, -0.05) is 17.7 Å². The van der Waals surface area contributed by atoms with Gasteiger partial charge in [0.15, 0.2) is 5.82 Å². The molecule has 4 rings (SSSR count). The summed E-state index contributed by atoms with van der Waals surface area (Å²) in [6, 6.07) is 10.4. The molecular formula is C22H20FN3O4S. The Balaban J connectivity index is 2.15. The highest BCUT2D eigenvalue weighted by molar-refractivity contribution is 7.90. The summed E-state index contributed by atoms with van der Waals surface area (Å²) >= 11 is 0. The number of rotatable bonds is 4. The zero-order chi connectivity index (χ0) is 22.5. The number of aromatic nitrogens is 3. The fourth-order valence-corrected chi connectivity index (χ4v) is 5.04. The summed E-state index contributed by atoms with van der Waals surface area (Å²) in [7, 11) is -4.05. The van der Waals surface area contributed by atoms with Crippen molar-refractivity contribution in [3.8, 4) is 11.1 Å². The molecular weight excluding hydrogens is 421 g/mol. The lowest BCUT2D eigenvalue weighted by molar-refractivity contribution is 0.589. The van der Waals surface area contributed by atoms with Gasteiger partial charge in [0.25, 0.3) is 21.1 Å². The van der Waals surface area contributed by atoms with Crippen molar-refractivity contribution >= 4 is 21.1 Å². The summed E-state index contributed by atoms with van der Waals surface area (Å²) in [5.41, 5.74) is 0.572. The molecule has 0 fully saturated rings. The van der Waals surface area contributed by atoms with Gasteiger partial charge in [0.1, 0.15) is 0 Å². The monoisotopic (exact) mass is 441 g/mol. The van der Waals surface area contributed by atoms with Gasteiger partial charge >= 0.3 is 0 Å². The Morgan fingerprint density at radius 1 is 1.00 bits per heavy atom. The number of fused-ring (bicyclic) bond motifs is 1. The maximum Gasteiger partial charge on any atom is 0.284 e. The molecule has 1 N–H and O–H groups in total. The fraction of sp³-hybridized carbons (Fsp3) is 0.182. The van der Waals surface area contributed by atoms with Crippen LogP contribution in [0.4, 0.5) is 4.39 Å². The van der Waals surface area contributed by atoms with Gasteiger partial charge in [0.05, 0.1) is 15.9 Å². The van der Waals surface area contributed by atoms with Crippen molar-refractivity contribution in [2.24, 2.45) is 0 Å². The van der Waals surface area contributed by atoms with Crippen molar-refractivity contribution in [3.63, 3.8) is 0 Å². The van der Waals surface area contributed by atoms with Crippen LogP contribution in [0.2, 0.25) is 0 Å². The molecule has 0 unspecified atom stereocenters. The minimum Gasteiger partial charge on any atom is -0.324 e. The standard InChI is InChI=1S/C22H20FN3O4S/c1-4-25-19(27)10-9-18-21(25)17(16-11-14(3)24-22(28)20(16)23)12-26(18)31(29,30)15-7-5-13(2)6-8-15/h5-12H,4H2,1-3H3,(H,24,28). The molecule has 9 heteroatoms. The zero-order valence-electron chi connectivity index (χ0n) is 17.1. The Morgan fingerprint density at radius 2 is 1.68 bits per heavy atom. The Hall–Kier alpha value is -3.46. The van der Waals surface area contributed by atoms with Crippen LogP contribution in [-0.2, 0) is 16.6 Å². The van der Waals surface area contributed by atoms with Crippen LogP contribution in [0.25, 0.3) is 22.2 Å². The van der Waals surface area contributed by atoms with Crippen LogP contribution in [0.5, 0.6) is 0 Å². The lowest BCUT2D eigenvalue weighted by atomic mass is 10.1. The number of nitrogens with one attached hydrogen (secondary N) is 1. The van der Waals surface area contributed by atoms with Crippen LogP contribution >= 0.6 is 0 Å². The maximum atomic E-state index is 14.8. The topological polar surface area (TPSA) is 93.9 Å². The fourth-order valence-electron chi connectivity index (χ4n) is 3.68. The van der Waals surface area contributed by atoms with E-state index in [4.69, 9.17) is 0 Å². The summed E-state index contributed by atoms with van der Waals surface area (Å²) < 4.78 is 44.1. The van der Waals surface area contributed by atoms with E-state index in [1.165, 1.54) is 41.1 Å². The predicted octanol–water partition coefficient (Wildman–Crippen LogP) is 3.17. The van der Waals surface area contributed by atoms with Crippen LogP contribution < -0.4 is 11.1 Å². The highest BCUT2D eigenvalue weighted by Crippen LogP contribution is 2.33. The molecule has 0 bridgehead atoms. The van der Waals surface area contributed by atoms with Gasteiger partial charge in [-0.2, -0.15) is 0 Å². The highest BCUT2D eigenvalue weighted by Gasteiger charge is 2.25. The SMILES string of the molecule is CCn1c(=O)ccc2c1c(-c1cc(C)[nH]c(=O)c1F)cn2S(=O)(=O)c1ccc(C)cc1. The molecule has 3 aromatic heterocycles. The molecule has 4 aromatic rings. The van der Waals surface area contributed by atoms with Crippen LogP contribution in [0.15, 0.2) is 63.1 Å². The molecule has 0 aliphatic carbocycles. The van der Waals surface area contributed by atoms with Crippen molar-refractivity contribution in [1.29, 1.82) is 0 Å². The van der Waals surface area contributed by atoms with E-state index in [-0.39, 0.29) is 39.2 Å². The van der Waals surface area contributed by atoms with E-state index >= 15 is 0 Å². The van der Waals surface area contributed by atoms with Gasteiger partial charge in [-0.15, -0.1) is 0 Å². The molecule has 3 heterocycles. The Labute approximate surface area is 177 Å². The van der Waals surface area contributed by atoms with Crippen molar-refractivity contribution in [2.75, 3.05) is 0 Å². The average molecular weight is 441 g/mol. The number of H-pyrrole nitrogens is 1. The normalized spacial score (nSPS) is 11.9. The van der Waals surface area contributed by atoms with Crippen LogP contribution in [0.3, 0.4) is 0 Å². The number of halogens is 1. The second-order valence-electron chi connectivity index (χ2n) is 7.32. The first-order chi connectivity index (χ1) is 14.6. The van der Waals surface area contributed by atoms with Crippen LogP contribution in [-0.4, -0.2) is 21.9 Å². The molecule has 7 nitrogen and oxygen atoms in total. The number of hydrogen-bond donors (Lipinski definition) is 1. The van der Waals surface area contributed by atoms with Crippen LogP contribution in [0, 0.1) is 19.7 Å². The number of aryl methyl sites for hydroxylation is 3. The first kappa shape index (κ1) is 20.8. The molecule has 0 aliphatic heterocycles. The molecule has 31 heavy (non-hydrogen) atoms. The van der Waals surface area contributed by atoms with E-state index in [9.17, 15) is 22.4 Å². The summed E-state index contributed by atoms with van der Waals surface area (Å²) in [5.74, 6) is -1.05. The maximum absolute atomic E-state index is 14.8. The van der Waals surface area contributed by atoms with Gasteiger partial charge in [-0.25, -0.2) is 16.8 Å². The number of aromatic amines is 1. The molecule has 1 aromatic carbocycles. The van der Waals surface area contributed by atoms with Crippen molar-refractivity contribution in [2.45, 2.75) is 32.2 Å². The lowest BCUT2D eigenvalue weighted by Crippen LogP contribution is -2.19. The number of pyridine rings is 2. The third-order valence-electron chi connectivity index (χ3n) is 5.19. The third kappa shape index (κ3) is 3.31. The summed E-state index contributed by atoms with van der Waals surface area (Å²) in [4.78, 5) is 26.9. The number of nitrogens with zero attached hydrogens (tertiary/aromatic N) is 2. The number of hydrogen-bond acceptors (Lipinski definition) is 4. The molecule has 0 radical (unpaired) electrons. The number of benzene rings is 1. The lowest BCUT2D eigenvalue weighted by Gasteiger charge is -2.09. The predicted molar refractivity (Wildman–Crippen MR) is 116 cm³/mol. The Kier molecular flexibility index (Phi) is 4.93. The Morgan fingerprint density at radius 3 is 2.32 bits per heavy atom. The average Bonchev–Trinajstić information content (AvgIpc) is 3.11. The Bertz CT molecular complexity index is 1540. The minimum atomic E-state index is -4.05. The summed E-state index contributed by atoms with van der Waals surface area (Å²) in [6.07, 6.45) is 1.27. The second-order valence-corrected chi connectivity index (χ2v) is 9.13. The molecule has 0 spiro atoms. The smallest absolute Gasteiger partial charge is 0.284 e. The minimum absolute atomic E-state index is 0.0540. The van der Waals surface area contributed by atoms with Gasteiger partial charge in [0.2, 0.25) is 0 Å². The molecule has 0 saturated carbocycles. The van der Waals surface area contributed by atoms with Gasteiger partial charge < -0.3 is 9.55 Å². The van der Waals surface area contributed by atoms with Gasteiger partial charge in [-0.3, -0.25) is 9.59 Å². The first-order valence-corrected chi connectivity index (χ1v) is 11.1. The largest absolute Gasteiger partial charge is 0.324 e. The van der Waals surface area contributed by atoms with E-state index in [0.29, 0.717) is 5.69 Å². The summed E-state index contributed by atoms with van der Waals surface area (Å²) in [6.45, 7) is 5.41. The molecule has 0 aliphatic rings. The molecule has 0 saturated heterocycles. The van der Waals surface area contributed by atoms with E-state index in [1.54, 1.807) is 26.0 Å². The van der Waals surface area contributed by atoms with E-state index in [0.717, 1.165) is 9.54 Å². The third-order valence-corrected chi connectivity index (χ3v) is 6.88. The van der Waals surface area contributed by atoms with Crippen molar-refractivity contribution in [1.82, 2.24) is 13.5 Å². The summed E-state index contributed by atoms with van der Waals surface area (Å²) in [5, 5.41) is 0. The quantitative estimate of drug-likeness (QED) is 0.526. The van der Waals surface area contributed by atoms with Crippen molar-refractivity contribution in [3.05, 3.63) is 86.4 Å². The molecule has 160 valence electrons. The van der Waals surface area contributed by atoms with E-state index in [2.05, 4.69) is 4.98 Å². The van der Waals surface area contributed by atoms with E-state index in [1.807, 2.05) is 6.92 Å². The zero-order valence-corrected chi connectivity index (χ0v) is 18.0. The van der Waals surface area contributed by atoms with Gasteiger partial charge in [-0.05, 0) is 45.0 Å². The second kappa shape index (κ2) is 7.35. The molecule has 0 atom stereocenters. The molecule has 0 amide bonds. The first-order valence-electron chi connectivity index (χ1n) is 9.62. The van der Waals surface area contributed by atoms with Gasteiger partial charge in [0, 0.05) is 35.6 Å². The van der Waals surface area contributed by atoms with E-state index < -0.39 is 21.4 Å². The van der Waals surface area contributed by atoms with Crippen LogP contribution in [0.1, 0.15) is 18.2 Å². The highest BCUT2D eigenvalue weighted by atomic mass is 32.2. The van der Waals surface area contributed by atoms with Crippen molar-refractivity contribution < 1.29 is 12.8 Å².